The fourth-order valence-corrected chi connectivity index (χ4v) is 4.54. The maximum Gasteiger partial charge on any atom is 0.249 e. The smallest absolute Gasteiger partial charge is 0.249 e. The Morgan fingerprint density at radius 3 is 2.41 bits per heavy atom. The molecule has 1 atom stereocenters. The van der Waals surface area contributed by atoms with Crippen molar-refractivity contribution in [2.45, 2.75) is 32.0 Å². The fourth-order valence-electron chi connectivity index (χ4n) is 4.25. The Labute approximate surface area is 223 Å². The number of nitrogens with one attached hydrogen (secondary N) is 2. The molecule has 4 rings (SSSR count). The summed E-state index contributed by atoms with van der Waals surface area (Å²) in [6.45, 7) is 4.25. The molecule has 194 valence electrons. The van der Waals surface area contributed by atoms with Crippen LogP contribution in [0.4, 0.5) is 11.4 Å². The van der Waals surface area contributed by atoms with E-state index < -0.39 is 5.54 Å². The minimum atomic E-state index is -1.17. The Kier molecular flexibility index (Phi) is 7.83. The van der Waals surface area contributed by atoms with Crippen molar-refractivity contribution < 1.29 is 14.0 Å². The molecular formula is C28H33N5O3S. The third-order valence-corrected chi connectivity index (χ3v) is 6.96. The monoisotopic (exact) mass is 519 g/mol. The molecule has 1 aromatic heterocycles. The maximum absolute atomic E-state index is 13.7. The van der Waals surface area contributed by atoms with Crippen molar-refractivity contribution in [3.63, 3.8) is 0 Å². The van der Waals surface area contributed by atoms with E-state index in [0.717, 1.165) is 11.3 Å². The third-order valence-electron chi connectivity index (χ3n) is 6.58. The Morgan fingerprint density at radius 2 is 1.78 bits per heavy atom. The van der Waals surface area contributed by atoms with E-state index >= 15 is 0 Å². The van der Waals surface area contributed by atoms with Crippen molar-refractivity contribution in [2.75, 3.05) is 37.4 Å². The zero-order chi connectivity index (χ0) is 26.6. The van der Waals surface area contributed by atoms with Crippen molar-refractivity contribution in [1.82, 2.24) is 15.1 Å². The van der Waals surface area contributed by atoms with Gasteiger partial charge in [-0.25, -0.2) is 0 Å². The number of amides is 2. The molecule has 3 aromatic rings. The van der Waals surface area contributed by atoms with Gasteiger partial charge < -0.3 is 29.8 Å². The number of furan rings is 1. The number of benzene rings is 2. The Morgan fingerprint density at radius 1 is 1.08 bits per heavy atom. The molecule has 2 N–H and O–H groups in total. The van der Waals surface area contributed by atoms with Crippen LogP contribution in [0.5, 0.6) is 0 Å². The maximum atomic E-state index is 13.7. The lowest BCUT2D eigenvalue weighted by Crippen LogP contribution is -2.56. The SMILES string of the molecule is CN(C)c1ccc(NC(=O)C(C)(C)N(Cc2ccco2)C(=O)CN2CC(c3ccccc3)NC2=S)cc1. The van der Waals surface area contributed by atoms with Crippen LogP contribution in [0.25, 0.3) is 0 Å². The molecular weight excluding hydrogens is 486 g/mol. The zero-order valence-electron chi connectivity index (χ0n) is 21.6. The normalized spacial score (nSPS) is 15.3. The highest BCUT2D eigenvalue weighted by atomic mass is 32.1. The van der Waals surface area contributed by atoms with Crippen molar-refractivity contribution in [2.24, 2.45) is 0 Å². The van der Waals surface area contributed by atoms with Gasteiger partial charge in [-0.15, -0.1) is 0 Å². The van der Waals surface area contributed by atoms with Crippen LogP contribution in [0, 0.1) is 0 Å². The number of hydrogen-bond acceptors (Lipinski definition) is 5. The Hall–Kier alpha value is -3.85. The highest BCUT2D eigenvalue weighted by molar-refractivity contribution is 7.80. The van der Waals surface area contributed by atoms with Crippen molar-refractivity contribution in [3.8, 4) is 0 Å². The third kappa shape index (κ3) is 6.11. The second kappa shape index (κ2) is 11.0. The predicted molar refractivity (Wildman–Crippen MR) is 149 cm³/mol. The lowest BCUT2D eigenvalue weighted by molar-refractivity contribution is -0.145. The van der Waals surface area contributed by atoms with Crippen molar-refractivity contribution in [1.29, 1.82) is 0 Å². The first-order chi connectivity index (χ1) is 17.6. The Balaban J connectivity index is 1.50. The van der Waals surface area contributed by atoms with Gasteiger partial charge in [0.2, 0.25) is 11.8 Å². The Bertz CT molecular complexity index is 1230. The molecule has 1 fully saturated rings. The number of carbonyl (C=O) groups is 2. The van der Waals surface area contributed by atoms with Gasteiger partial charge in [0.1, 0.15) is 11.3 Å². The minimum Gasteiger partial charge on any atom is -0.467 e. The van der Waals surface area contributed by atoms with Crippen molar-refractivity contribution in [3.05, 3.63) is 84.3 Å². The number of thiocarbonyl (C=S) groups is 1. The molecule has 1 unspecified atom stereocenters. The van der Waals surface area contributed by atoms with Gasteiger partial charge in [0, 0.05) is 32.0 Å². The predicted octanol–water partition coefficient (Wildman–Crippen LogP) is 4.02. The molecule has 9 heteroatoms. The first-order valence-corrected chi connectivity index (χ1v) is 12.6. The summed E-state index contributed by atoms with van der Waals surface area (Å²) in [5.41, 5.74) is 1.62. The first-order valence-electron chi connectivity index (χ1n) is 12.2. The molecule has 0 aliphatic carbocycles. The van der Waals surface area contributed by atoms with Crippen LogP contribution in [0.3, 0.4) is 0 Å². The number of nitrogens with zero attached hydrogens (tertiary/aromatic N) is 3. The summed E-state index contributed by atoms with van der Waals surface area (Å²) in [6.07, 6.45) is 1.56. The molecule has 1 saturated heterocycles. The van der Waals surface area contributed by atoms with Gasteiger partial charge in [-0.2, -0.15) is 0 Å². The highest BCUT2D eigenvalue weighted by Gasteiger charge is 2.40. The highest BCUT2D eigenvalue weighted by Crippen LogP contribution is 2.25. The van der Waals surface area contributed by atoms with Gasteiger partial charge in [0.15, 0.2) is 5.11 Å². The average Bonchev–Trinajstić information content (AvgIpc) is 3.53. The summed E-state index contributed by atoms with van der Waals surface area (Å²) in [5.74, 6) is 0.0699. The fraction of sp³-hybridized carbons (Fsp3) is 0.321. The topological polar surface area (TPSA) is 81.1 Å². The number of hydrogen-bond donors (Lipinski definition) is 2. The van der Waals surface area contributed by atoms with Gasteiger partial charge in [-0.1, -0.05) is 30.3 Å². The van der Waals surface area contributed by atoms with Crippen LogP contribution in [-0.4, -0.2) is 59.5 Å². The van der Waals surface area contributed by atoms with Gasteiger partial charge in [0.05, 0.1) is 25.4 Å². The van der Waals surface area contributed by atoms with Gasteiger partial charge in [-0.05, 0) is 68.0 Å². The molecule has 2 heterocycles. The van der Waals surface area contributed by atoms with E-state index in [0.29, 0.717) is 23.1 Å². The van der Waals surface area contributed by atoms with E-state index in [2.05, 4.69) is 10.6 Å². The lowest BCUT2D eigenvalue weighted by atomic mass is 10.00. The molecule has 0 saturated carbocycles. The largest absolute Gasteiger partial charge is 0.467 e. The summed E-state index contributed by atoms with van der Waals surface area (Å²) < 4.78 is 5.53. The molecule has 1 aliphatic heterocycles. The standard InChI is InChI=1S/C28H33N5O3S/c1-28(2,26(35)29-21-12-14-22(15-13-21)31(3)4)33(17-23-11-8-16-36-23)25(34)19-32-18-24(30-27(32)37)20-9-6-5-7-10-20/h5-16,24H,17-19H2,1-4H3,(H,29,35)(H,30,37). The van der Waals surface area contributed by atoms with E-state index in [1.165, 1.54) is 0 Å². The zero-order valence-corrected chi connectivity index (χ0v) is 22.4. The van der Waals surface area contributed by atoms with E-state index in [4.69, 9.17) is 16.6 Å². The van der Waals surface area contributed by atoms with Crippen molar-refractivity contribution >= 4 is 40.5 Å². The number of rotatable bonds is 9. The first kappa shape index (κ1) is 26.2. The van der Waals surface area contributed by atoms with Crippen LogP contribution in [-0.2, 0) is 16.1 Å². The van der Waals surface area contributed by atoms with E-state index in [1.807, 2.05) is 78.5 Å². The van der Waals surface area contributed by atoms with Crippen LogP contribution >= 0.6 is 12.2 Å². The molecule has 2 aromatic carbocycles. The quantitative estimate of drug-likeness (QED) is 0.413. The summed E-state index contributed by atoms with van der Waals surface area (Å²) in [5, 5.41) is 6.78. The van der Waals surface area contributed by atoms with Crippen LogP contribution in [0.2, 0.25) is 0 Å². The van der Waals surface area contributed by atoms with E-state index in [1.54, 1.807) is 37.1 Å². The van der Waals surface area contributed by atoms with Gasteiger partial charge >= 0.3 is 0 Å². The van der Waals surface area contributed by atoms with Crippen LogP contribution < -0.4 is 15.5 Å². The second-order valence-corrected chi connectivity index (χ2v) is 10.2. The molecule has 8 nitrogen and oxygen atoms in total. The summed E-state index contributed by atoms with van der Waals surface area (Å²) in [7, 11) is 3.91. The lowest BCUT2D eigenvalue weighted by Gasteiger charge is -2.37. The summed E-state index contributed by atoms with van der Waals surface area (Å²) in [4.78, 5) is 32.6. The molecule has 1 aliphatic rings. The summed E-state index contributed by atoms with van der Waals surface area (Å²) >= 11 is 5.54. The molecule has 0 radical (unpaired) electrons. The van der Waals surface area contributed by atoms with E-state index in [-0.39, 0.29) is 30.9 Å². The van der Waals surface area contributed by atoms with Crippen LogP contribution in [0.1, 0.15) is 31.2 Å². The van der Waals surface area contributed by atoms with Gasteiger partial charge in [-0.3, -0.25) is 9.59 Å². The molecule has 0 bridgehead atoms. The number of carbonyl (C=O) groups excluding carboxylic acids is 2. The second-order valence-electron chi connectivity index (χ2n) is 9.81. The molecule has 37 heavy (non-hydrogen) atoms. The van der Waals surface area contributed by atoms with Gasteiger partial charge in [0.25, 0.3) is 0 Å². The molecule has 0 spiro atoms. The minimum absolute atomic E-state index is 0.00136. The average molecular weight is 520 g/mol. The molecule has 2 amide bonds. The van der Waals surface area contributed by atoms with Crippen LogP contribution in [0.15, 0.2) is 77.4 Å². The number of anilines is 2. The van der Waals surface area contributed by atoms with E-state index in [9.17, 15) is 9.59 Å². The summed E-state index contributed by atoms with van der Waals surface area (Å²) in [6, 6.07) is 21.1.